The molecule has 0 heterocycles. The zero-order valence-electron chi connectivity index (χ0n) is 18.4. The number of allylic oxidation sites excluding steroid dienone is 5. The largest absolute Gasteiger partial charge is 0.393 e. The van der Waals surface area contributed by atoms with Gasteiger partial charge in [0.2, 0.25) is 0 Å². The van der Waals surface area contributed by atoms with Gasteiger partial charge in [-0.2, -0.15) is 0 Å². The average molecular weight is 385 g/mol. The molecule has 156 valence electrons. The molecule has 0 aromatic heterocycles. The average Bonchev–Trinajstić information content (AvgIpc) is 2.99. The van der Waals surface area contributed by atoms with E-state index in [0.29, 0.717) is 24.2 Å². The van der Waals surface area contributed by atoms with Gasteiger partial charge in [0.15, 0.2) is 0 Å². The maximum Gasteiger partial charge on any atom is 0.0811 e. The molecule has 2 nitrogen and oxygen atoms in total. The maximum absolute atomic E-state index is 10.1. The van der Waals surface area contributed by atoms with Crippen LogP contribution in [0.2, 0.25) is 0 Å². The van der Waals surface area contributed by atoms with Crippen LogP contribution in [0.1, 0.15) is 79.1 Å². The number of aliphatic hydroxyl groups excluding tert-OH is 2. The summed E-state index contributed by atoms with van der Waals surface area (Å²) in [6, 6.07) is 0. The molecule has 3 rings (SSSR count). The molecule has 3 saturated carbocycles. The Bertz CT molecular complexity index is 679. The van der Waals surface area contributed by atoms with Crippen LogP contribution in [0, 0.1) is 23.2 Å². The SMILES string of the molecule is C=C1/C(=C\C=C2/CCC[C@]3(C)[C@@H]([C@H](C)CC=C(C)C)CC[C@@H]23)C[C@@H](O)C[C@@H]1O. The third kappa shape index (κ3) is 4.39. The van der Waals surface area contributed by atoms with E-state index >= 15 is 0 Å². The number of rotatable bonds is 4. The second-order valence-corrected chi connectivity index (χ2v) is 10.2. The van der Waals surface area contributed by atoms with Gasteiger partial charge in [-0.1, -0.05) is 49.8 Å². The number of hydrogen-bond acceptors (Lipinski definition) is 2. The zero-order valence-corrected chi connectivity index (χ0v) is 18.4. The van der Waals surface area contributed by atoms with Crippen LogP contribution in [-0.2, 0) is 0 Å². The Morgan fingerprint density at radius 3 is 2.71 bits per heavy atom. The van der Waals surface area contributed by atoms with Gasteiger partial charge in [-0.25, -0.2) is 0 Å². The Morgan fingerprint density at radius 2 is 2.00 bits per heavy atom. The summed E-state index contributed by atoms with van der Waals surface area (Å²) in [5.41, 5.74) is 5.25. The Hall–Kier alpha value is -1.12. The fraction of sp³-hybridized carbons (Fsp3) is 0.692. The van der Waals surface area contributed by atoms with Gasteiger partial charge < -0.3 is 10.2 Å². The molecule has 3 aliphatic carbocycles. The molecule has 28 heavy (non-hydrogen) atoms. The van der Waals surface area contributed by atoms with E-state index in [1.807, 2.05) is 0 Å². The minimum Gasteiger partial charge on any atom is -0.393 e. The summed E-state index contributed by atoms with van der Waals surface area (Å²) in [5.74, 6) is 2.23. The Labute approximate surface area is 172 Å². The maximum atomic E-state index is 10.1. The van der Waals surface area contributed by atoms with Crippen LogP contribution in [0.15, 0.2) is 47.1 Å². The Balaban J connectivity index is 1.78. The summed E-state index contributed by atoms with van der Waals surface area (Å²) in [5, 5.41) is 20.1. The van der Waals surface area contributed by atoms with E-state index in [-0.39, 0.29) is 0 Å². The molecule has 0 radical (unpaired) electrons. The number of hydrogen-bond donors (Lipinski definition) is 2. The lowest BCUT2D eigenvalue weighted by molar-refractivity contribution is 0.0862. The van der Waals surface area contributed by atoms with Crippen molar-refractivity contribution in [3.05, 3.63) is 47.1 Å². The highest BCUT2D eigenvalue weighted by molar-refractivity contribution is 5.38. The molecule has 2 heteroatoms. The van der Waals surface area contributed by atoms with E-state index in [4.69, 9.17) is 0 Å². The van der Waals surface area contributed by atoms with Gasteiger partial charge in [-0.15, -0.1) is 0 Å². The summed E-state index contributed by atoms with van der Waals surface area (Å²) >= 11 is 0. The molecule has 0 aromatic carbocycles. The van der Waals surface area contributed by atoms with Crippen molar-refractivity contribution in [2.24, 2.45) is 23.2 Å². The van der Waals surface area contributed by atoms with Crippen LogP contribution in [0.25, 0.3) is 0 Å². The summed E-state index contributed by atoms with van der Waals surface area (Å²) < 4.78 is 0. The second kappa shape index (κ2) is 8.71. The van der Waals surface area contributed by atoms with Gasteiger partial charge in [0, 0.05) is 6.42 Å². The van der Waals surface area contributed by atoms with Gasteiger partial charge in [0.05, 0.1) is 12.2 Å². The second-order valence-electron chi connectivity index (χ2n) is 10.2. The smallest absolute Gasteiger partial charge is 0.0811 e. The molecular weight excluding hydrogens is 344 g/mol. The van der Waals surface area contributed by atoms with Crippen molar-refractivity contribution in [2.45, 2.75) is 91.3 Å². The molecule has 0 saturated heterocycles. The van der Waals surface area contributed by atoms with Crippen LogP contribution in [-0.4, -0.2) is 22.4 Å². The monoisotopic (exact) mass is 384 g/mol. The summed E-state index contributed by atoms with van der Waals surface area (Å²) in [6.45, 7) is 13.5. The van der Waals surface area contributed by atoms with Gasteiger partial charge in [0.1, 0.15) is 0 Å². The van der Waals surface area contributed by atoms with Crippen LogP contribution >= 0.6 is 0 Å². The van der Waals surface area contributed by atoms with E-state index in [1.165, 1.54) is 44.1 Å². The quantitative estimate of drug-likeness (QED) is 0.573. The fourth-order valence-corrected chi connectivity index (χ4v) is 6.27. The van der Waals surface area contributed by atoms with Gasteiger partial charge in [-0.3, -0.25) is 0 Å². The molecule has 6 atom stereocenters. The minimum atomic E-state index is -0.600. The van der Waals surface area contributed by atoms with Gasteiger partial charge in [-0.05, 0) is 93.1 Å². The first-order valence-corrected chi connectivity index (χ1v) is 11.3. The Kier molecular flexibility index (Phi) is 6.72. The van der Waals surface area contributed by atoms with Crippen molar-refractivity contribution in [3.63, 3.8) is 0 Å². The third-order valence-electron chi connectivity index (χ3n) is 7.89. The zero-order chi connectivity index (χ0) is 20.5. The fourth-order valence-electron chi connectivity index (χ4n) is 6.27. The lowest BCUT2D eigenvalue weighted by Crippen LogP contribution is -2.35. The highest BCUT2D eigenvalue weighted by atomic mass is 16.3. The topological polar surface area (TPSA) is 40.5 Å². The van der Waals surface area contributed by atoms with Crippen LogP contribution in [0.4, 0.5) is 0 Å². The number of fused-ring (bicyclic) bond motifs is 1. The molecule has 0 aliphatic heterocycles. The molecule has 0 unspecified atom stereocenters. The van der Waals surface area contributed by atoms with Crippen molar-refractivity contribution in [2.75, 3.05) is 0 Å². The lowest BCUT2D eigenvalue weighted by atomic mass is 9.61. The molecule has 0 bridgehead atoms. The van der Waals surface area contributed by atoms with Crippen LogP contribution in [0.3, 0.4) is 0 Å². The van der Waals surface area contributed by atoms with Gasteiger partial charge >= 0.3 is 0 Å². The summed E-state index contributed by atoms with van der Waals surface area (Å²) in [4.78, 5) is 0. The Morgan fingerprint density at radius 1 is 1.25 bits per heavy atom. The standard InChI is InChI=1S/C26H40O2/c1-17(2)8-9-18(3)23-12-13-24-20(7-6-14-26(23,24)5)10-11-21-15-22(27)16-25(28)19(21)4/h8,10-11,18,22-25,27-28H,4,6-7,9,12-16H2,1-3,5H3/b20-10+,21-11-/t18-,22-,23-,24+,25+,26-/m1/s1. The van der Waals surface area contributed by atoms with E-state index in [9.17, 15) is 10.2 Å². The molecule has 0 amide bonds. The van der Waals surface area contributed by atoms with Crippen LogP contribution in [0.5, 0.6) is 0 Å². The summed E-state index contributed by atoms with van der Waals surface area (Å²) in [6.07, 6.45) is 14.5. The van der Waals surface area contributed by atoms with Crippen molar-refractivity contribution in [1.82, 2.24) is 0 Å². The lowest BCUT2D eigenvalue weighted by Gasteiger charge is -2.44. The van der Waals surface area contributed by atoms with E-state index in [0.717, 1.165) is 23.0 Å². The first-order valence-electron chi connectivity index (χ1n) is 11.3. The molecule has 3 fully saturated rings. The van der Waals surface area contributed by atoms with E-state index < -0.39 is 12.2 Å². The highest BCUT2D eigenvalue weighted by Crippen LogP contribution is 2.59. The van der Waals surface area contributed by atoms with Crippen molar-refractivity contribution in [3.8, 4) is 0 Å². The van der Waals surface area contributed by atoms with Gasteiger partial charge in [0.25, 0.3) is 0 Å². The molecule has 0 aromatic rings. The number of aliphatic hydroxyl groups is 2. The van der Waals surface area contributed by atoms with Crippen molar-refractivity contribution < 1.29 is 10.2 Å². The summed E-state index contributed by atoms with van der Waals surface area (Å²) in [7, 11) is 0. The predicted molar refractivity (Wildman–Crippen MR) is 118 cm³/mol. The molecule has 3 aliphatic rings. The highest BCUT2D eigenvalue weighted by Gasteiger charge is 2.50. The normalized spacial score (nSPS) is 39.9. The van der Waals surface area contributed by atoms with Crippen LogP contribution < -0.4 is 0 Å². The third-order valence-corrected chi connectivity index (χ3v) is 7.89. The van der Waals surface area contributed by atoms with Crippen molar-refractivity contribution in [1.29, 1.82) is 0 Å². The first kappa shape index (κ1) is 21.6. The molecule has 2 N–H and O–H groups in total. The first-order chi connectivity index (χ1) is 13.2. The predicted octanol–water partition coefficient (Wildman–Crippen LogP) is 6.12. The van der Waals surface area contributed by atoms with E-state index in [2.05, 4.69) is 52.5 Å². The van der Waals surface area contributed by atoms with Crippen molar-refractivity contribution >= 4 is 0 Å². The van der Waals surface area contributed by atoms with E-state index in [1.54, 1.807) is 5.57 Å². The molecule has 0 spiro atoms. The molecular formula is C26H40O2. The minimum absolute atomic E-state index is 0.415.